The fourth-order valence-electron chi connectivity index (χ4n) is 2.34. The van der Waals surface area contributed by atoms with Crippen LogP contribution in [0.15, 0.2) is 58.1 Å². The molecule has 0 saturated carbocycles. The number of aromatic nitrogens is 1. The standard InChI is InChI=1S/C19H19NO4/c1-4-6-14-8-9-16(18(11-14)21-3)23-12-15-13(2)24-19(20-15)17-7-5-10-22-17/h4-5,7-11H,1,6,12H2,2-3H3. The Balaban J connectivity index is 1.75. The summed E-state index contributed by atoms with van der Waals surface area (Å²) in [5.41, 5.74) is 1.84. The third-order valence-corrected chi connectivity index (χ3v) is 3.60. The Morgan fingerprint density at radius 2 is 2.12 bits per heavy atom. The van der Waals surface area contributed by atoms with Gasteiger partial charge in [0.2, 0.25) is 0 Å². The van der Waals surface area contributed by atoms with Gasteiger partial charge in [0, 0.05) is 0 Å². The van der Waals surface area contributed by atoms with E-state index in [1.165, 1.54) is 0 Å². The molecule has 5 heteroatoms. The summed E-state index contributed by atoms with van der Waals surface area (Å²) in [5, 5.41) is 0. The Bertz CT molecular complexity index is 818. The number of aryl methyl sites for hydroxylation is 1. The Hall–Kier alpha value is -2.95. The molecule has 0 aliphatic rings. The van der Waals surface area contributed by atoms with E-state index in [-0.39, 0.29) is 6.61 Å². The molecule has 0 spiro atoms. The van der Waals surface area contributed by atoms with Crippen LogP contribution >= 0.6 is 0 Å². The van der Waals surface area contributed by atoms with E-state index in [0.29, 0.717) is 28.9 Å². The first-order chi connectivity index (χ1) is 11.7. The van der Waals surface area contributed by atoms with Gasteiger partial charge in [-0.3, -0.25) is 0 Å². The zero-order chi connectivity index (χ0) is 16.9. The molecule has 0 aliphatic carbocycles. The van der Waals surface area contributed by atoms with Gasteiger partial charge in [-0.1, -0.05) is 12.1 Å². The van der Waals surface area contributed by atoms with Crippen LogP contribution in [0.5, 0.6) is 11.5 Å². The Morgan fingerprint density at radius 3 is 2.83 bits per heavy atom. The number of methoxy groups -OCH3 is 1. The SMILES string of the molecule is C=CCc1ccc(OCc2nc(-c3ccco3)oc2C)c(OC)c1. The molecule has 2 aromatic heterocycles. The maximum absolute atomic E-state index is 5.85. The maximum atomic E-state index is 5.85. The van der Waals surface area contributed by atoms with Gasteiger partial charge >= 0.3 is 0 Å². The number of rotatable bonds is 7. The molecular weight excluding hydrogens is 306 g/mol. The van der Waals surface area contributed by atoms with E-state index >= 15 is 0 Å². The van der Waals surface area contributed by atoms with Crippen molar-refractivity contribution in [3.8, 4) is 23.1 Å². The average Bonchev–Trinajstić information content (AvgIpc) is 3.23. The number of oxazole rings is 1. The number of furan rings is 1. The molecule has 0 fully saturated rings. The summed E-state index contributed by atoms with van der Waals surface area (Å²) in [6.45, 7) is 5.88. The smallest absolute Gasteiger partial charge is 0.263 e. The maximum Gasteiger partial charge on any atom is 0.263 e. The lowest BCUT2D eigenvalue weighted by Gasteiger charge is -2.11. The fourth-order valence-corrected chi connectivity index (χ4v) is 2.34. The topological polar surface area (TPSA) is 57.6 Å². The molecule has 0 atom stereocenters. The zero-order valence-electron chi connectivity index (χ0n) is 13.7. The number of benzene rings is 1. The number of nitrogens with zero attached hydrogens (tertiary/aromatic N) is 1. The largest absolute Gasteiger partial charge is 0.493 e. The van der Waals surface area contributed by atoms with Crippen molar-refractivity contribution in [1.29, 1.82) is 0 Å². The van der Waals surface area contributed by atoms with Crippen LogP contribution in [0.3, 0.4) is 0 Å². The van der Waals surface area contributed by atoms with E-state index in [4.69, 9.17) is 18.3 Å². The molecule has 0 bridgehead atoms. The lowest BCUT2D eigenvalue weighted by Crippen LogP contribution is -2.00. The Labute approximate surface area is 140 Å². The highest BCUT2D eigenvalue weighted by Crippen LogP contribution is 2.30. The van der Waals surface area contributed by atoms with Gasteiger partial charge in [-0.15, -0.1) is 6.58 Å². The van der Waals surface area contributed by atoms with Gasteiger partial charge in [0.1, 0.15) is 18.1 Å². The number of hydrogen-bond acceptors (Lipinski definition) is 5. The van der Waals surface area contributed by atoms with Crippen molar-refractivity contribution in [3.63, 3.8) is 0 Å². The molecule has 1 aromatic carbocycles. The molecule has 0 N–H and O–H groups in total. The van der Waals surface area contributed by atoms with Gasteiger partial charge in [-0.05, 0) is 43.2 Å². The van der Waals surface area contributed by atoms with Crippen molar-refractivity contribution >= 4 is 0 Å². The van der Waals surface area contributed by atoms with Gasteiger partial charge in [0.25, 0.3) is 5.89 Å². The second kappa shape index (κ2) is 7.08. The molecule has 0 saturated heterocycles. The highest BCUT2D eigenvalue weighted by molar-refractivity contribution is 5.45. The summed E-state index contributed by atoms with van der Waals surface area (Å²) in [7, 11) is 1.62. The average molecular weight is 325 g/mol. The molecular formula is C19H19NO4. The molecule has 5 nitrogen and oxygen atoms in total. The number of hydrogen-bond donors (Lipinski definition) is 0. The molecule has 24 heavy (non-hydrogen) atoms. The molecule has 2 heterocycles. The van der Waals surface area contributed by atoms with Crippen LogP contribution in [0.4, 0.5) is 0 Å². The second-order valence-corrected chi connectivity index (χ2v) is 5.27. The van der Waals surface area contributed by atoms with Crippen LogP contribution in [-0.2, 0) is 13.0 Å². The number of ether oxygens (including phenoxy) is 2. The summed E-state index contributed by atoms with van der Waals surface area (Å²) in [5.74, 6) is 3.08. The monoisotopic (exact) mass is 325 g/mol. The predicted octanol–water partition coefficient (Wildman–Crippen LogP) is 4.56. The molecule has 0 radical (unpaired) electrons. The van der Waals surface area contributed by atoms with Crippen LogP contribution in [-0.4, -0.2) is 12.1 Å². The quantitative estimate of drug-likeness (QED) is 0.596. The van der Waals surface area contributed by atoms with Gasteiger partial charge in [-0.25, -0.2) is 4.98 Å². The van der Waals surface area contributed by atoms with Crippen molar-refractivity contribution in [2.75, 3.05) is 7.11 Å². The van der Waals surface area contributed by atoms with Crippen molar-refractivity contribution < 1.29 is 18.3 Å². The minimum Gasteiger partial charge on any atom is -0.493 e. The van der Waals surface area contributed by atoms with Crippen LogP contribution in [0.1, 0.15) is 17.0 Å². The zero-order valence-corrected chi connectivity index (χ0v) is 13.7. The van der Waals surface area contributed by atoms with E-state index in [2.05, 4.69) is 11.6 Å². The lowest BCUT2D eigenvalue weighted by atomic mass is 10.1. The van der Waals surface area contributed by atoms with Crippen LogP contribution in [0, 0.1) is 6.92 Å². The molecule has 0 unspecified atom stereocenters. The molecule has 0 amide bonds. The van der Waals surface area contributed by atoms with Gasteiger partial charge in [0.15, 0.2) is 17.3 Å². The summed E-state index contributed by atoms with van der Waals surface area (Å²) < 4.78 is 22.2. The summed E-state index contributed by atoms with van der Waals surface area (Å²) in [6, 6.07) is 9.42. The number of allylic oxidation sites excluding steroid dienone is 1. The van der Waals surface area contributed by atoms with Crippen molar-refractivity contribution in [3.05, 3.63) is 66.3 Å². The van der Waals surface area contributed by atoms with E-state index < -0.39 is 0 Å². The van der Waals surface area contributed by atoms with E-state index in [1.54, 1.807) is 25.5 Å². The van der Waals surface area contributed by atoms with Gasteiger partial charge in [0.05, 0.1) is 13.4 Å². The van der Waals surface area contributed by atoms with Crippen molar-refractivity contribution in [2.45, 2.75) is 20.0 Å². The first-order valence-electron chi connectivity index (χ1n) is 7.62. The summed E-state index contributed by atoms with van der Waals surface area (Å²) in [6.07, 6.45) is 4.22. The van der Waals surface area contributed by atoms with Gasteiger partial charge < -0.3 is 18.3 Å². The minimum absolute atomic E-state index is 0.285. The lowest BCUT2D eigenvalue weighted by molar-refractivity contribution is 0.279. The third kappa shape index (κ3) is 3.35. The highest BCUT2D eigenvalue weighted by atomic mass is 16.5. The summed E-state index contributed by atoms with van der Waals surface area (Å²) >= 11 is 0. The normalized spacial score (nSPS) is 10.6. The van der Waals surface area contributed by atoms with E-state index in [1.807, 2.05) is 31.2 Å². The first kappa shape index (κ1) is 15.9. The molecule has 124 valence electrons. The van der Waals surface area contributed by atoms with Crippen LogP contribution in [0.2, 0.25) is 0 Å². The minimum atomic E-state index is 0.285. The van der Waals surface area contributed by atoms with E-state index in [0.717, 1.165) is 17.7 Å². The first-order valence-corrected chi connectivity index (χ1v) is 7.62. The Morgan fingerprint density at radius 1 is 1.25 bits per heavy atom. The van der Waals surface area contributed by atoms with Crippen LogP contribution in [0.25, 0.3) is 11.7 Å². The third-order valence-electron chi connectivity index (χ3n) is 3.60. The molecule has 3 aromatic rings. The predicted molar refractivity (Wildman–Crippen MR) is 90.2 cm³/mol. The fraction of sp³-hybridized carbons (Fsp3) is 0.211. The van der Waals surface area contributed by atoms with Crippen LogP contribution < -0.4 is 9.47 Å². The molecule has 0 aliphatic heterocycles. The van der Waals surface area contributed by atoms with Crippen molar-refractivity contribution in [2.24, 2.45) is 0 Å². The summed E-state index contributed by atoms with van der Waals surface area (Å²) in [4.78, 5) is 4.43. The highest BCUT2D eigenvalue weighted by Gasteiger charge is 2.15. The van der Waals surface area contributed by atoms with E-state index in [9.17, 15) is 0 Å². The van der Waals surface area contributed by atoms with Crippen molar-refractivity contribution in [1.82, 2.24) is 4.98 Å². The Kier molecular flexibility index (Phi) is 4.70. The van der Waals surface area contributed by atoms with Gasteiger partial charge in [-0.2, -0.15) is 0 Å². The second-order valence-electron chi connectivity index (χ2n) is 5.27. The molecule has 3 rings (SSSR count).